The second-order valence-electron chi connectivity index (χ2n) is 9.97. The Balaban J connectivity index is 1.37. The lowest BCUT2D eigenvalue weighted by Crippen LogP contribution is -2.48. The van der Waals surface area contributed by atoms with E-state index < -0.39 is 18.3 Å². The minimum absolute atomic E-state index is 0.0204. The Kier molecular flexibility index (Phi) is 7.89. The largest absolute Gasteiger partial charge is 0.465 e. The van der Waals surface area contributed by atoms with E-state index in [0.717, 1.165) is 0 Å². The average molecular weight is 583 g/mol. The fourth-order valence-electron chi connectivity index (χ4n) is 5.08. The average Bonchev–Trinajstić information content (AvgIpc) is 3.21. The van der Waals surface area contributed by atoms with Crippen molar-refractivity contribution < 1.29 is 33.3 Å². The first-order valence-corrected chi connectivity index (χ1v) is 13.1. The van der Waals surface area contributed by atoms with Crippen LogP contribution in [0.5, 0.6) is 5.75 Å². The van der Waals surface area contributed by atoms with Crippen LogP contribution >= 0.6 is 0 Å². The molecule has 1 fully saturated rings. The van der Waals surface area contributed by atoms with Crippen LogP contribution in [0, 0.1) is 0 Å². The maximum absolute atomic E-state index is 12.9. The summed E-state index contributed by atoms with van der Waals surface area (Å²) in [6, 6.07) is 11.6. The maximum atomic E-state index is 12.9. The van der Waals surface area contributed by atoms with Crippen molar-refractivity contribution >= 4 is 22.9 Å². The molecule has 0 saturated carbocycles. The van der Waals surface area contributed by atoms with Gasteiger partial charge in [0.05, 0.1) is 17.4 Å². The molecule has 3 N–H and O–H groups in total. The molecule has 0 unspecified atom stereocenters. The van der Waals surface area contributed by atoms with Gasteiger partial charge in [0, 0.05) is 56.5 Å². The summed E-state index contributed by atoms with van der Waals surface area (Å²) in [5, 5.41) is 22.4. The summed E-state index contributed by atoms with van der Waals surface area (Å²) in [7, 11) is 1.60. The van der Waals surface area contributed by atoms with Gasteiger partial charge in [-0.05, 0) is 23.8 Å². The van der Waals surface area contributed by atoms with Crippen LogP contribution in [0.1, 0.15) is 24.2 Å². The van der Waals surface area contributed by atoms with Crippen LogP contribution in [-0.4, -0.2) is 72.7 Å². The topological polar surface area (TPSA) is 152 Å². The van der Waals surface area contributed by atoms with Gasteiger partial charge in [0.25, 0.3) is 5.56 Å². The predicted octanol–water partition coefficient (Wildman–Crippen LogP) is 2.52. The Morgan fingerprint density at radius 1 is 1.10 bits per heavy atom. The van der Waals surface area contributed by atoms with E-state index in [-0.39, 0.29) is 62.1 Å². The summed E-state index contributed by atoms with van der Waals surface area (Å²) in [6.45, 7) is -2.78. The first-order valence-electron chi connectivity index (χ1n) is 13.1. The van der Waals surface area contributed by atoms with Crippen LogP contribution in [0.2, 0.25) is 0 Å². The normalized spacial score (nSPS) is 14.7. The molecule has 42 heavy (non-hydrogen) atoms. The molecule has 2 amide bonds. The third-order valence-electron chi connectivity index (χ3n) is 7.41. The molecule has 0 radical (unpaired) electrons. The number of amides is 2. The molecule has 220 valence electrons. The number of alkyl halides is 2. The molecule has 1 aliphatic rings. The molecule has 12 nitrogen and oxygen atoms in total. The molecule has 14 heteroatoms. The van der Waals surface area contributed by atoms with E-state index in [4.69, 9.17) is 5.11 Å². The van der Waals surface area contributed by atoms with Gasteiger partial charge >= 0.3 is 12.7 Å². The van der Waals surface area contributed by atoms with Gasteiger partial charge in [-0.2, -0.15) is 8.78 Å². The predicted molar refractivity (Wildman–Crippen MR) is 146 cm³/mol. The van der Waals surface area contributed by atoms with Crippen molar-refractivity contribution in [3.63, 3.8) is 0 Å². The lowest BCUT2D eigenvalue weighted by molar-refractivity contribution is -0.135. The monoisotopic (exact) mass is 582 g/mol. The van der Waals surface area contributed by atoms with E-state index in [2.05, 4.69) is 14.7 Å². The van der Waals surface area contributed by atoms with E-state index in [9.17, 15) is 28.3 Å². The number of aliphatic hydroxyl groups is 1. The highest BCUT2D eigenvalue weighted by molar-refractivity contribution is 5.84. The number of piperidine rings is 1. The minimum Gasteiger partial charge on any atom is -0.465 e. The van der Waals surface area contributed by atoms with Crippen LogP contribution in [0.3, 0.4) is 0 Å². The van der Waals surface area contributed by atoms with Gasteiger partial charge in [0.15, 0.2) is 5.82 Å². The van der Waals surface area contributed by atoms with Crippen LogP contribution < -0.4 is 15.6 Å². The number of carboxylic acid groups (broad SMARTS) is 1. The lowest BCUT2D eigenvalue weighted by atomic mass is 9.90. The van der Waals surface area contributed by atoms with Crippen molar-refractivity contribution in [1.29, 1.82) is 0 Å². The summed E-state index contributed by atoms with van der Waals surface area (Å²) in [4.78, 5) is 46.0. The Morgan fingerprint density at radius 2 is 1.79 bits per heavy atom. The number of halogens is 2. The molecule has 1 saturated heterocycles. The number of likely N-dealkylation sites (tertiary alicyclic amines) is 1. The third kappa shape index (κ3) is 5.79. The van der Waals surface area contributed by atoms with E-state index in [1.807, 2.05) is 5.32 Å². The molecular weight excluding hydrogens is 554 g/mol. The number of nitrogens with one attached hydrogen (secondary N) is 1. The number of nitrogens with zero attached hydrogens (tertiary/aromatic N) is 5. The van der Waals surface area contributed by atoms with Gasteiger partial charge in [0.1, 0.15) is 17.9 Å². The number of carbonyl (C=O) groups is 2. The van der Waals surface area contributed by atoms with Gasteiger partial charge in [-0.15, -0.1) is 0 Å². The molecule has 4 aromatic rings. The fraction of sp³-hybridized carbons (Fsp3) is 0.321. The summed E-state index contributed by atoms with van der Waals surface area (Å²) in [5.74, 6) is -0.155. The second kappa shape index (κ2) is 11.6. The SMILES string of the molecule is Cn1c(=O)c2ccc(-c3cnc(C4(O)CCN(C(=O)CNC(=O)O)CC4)nc3)cc2n1Cc1ccccc1OC(F)F. The molecule has 0 atom stereocenters. The summed E-state index contributed by atoms with van der Waals surface area (Å²) < 4.78 is 33.6. The summed E-state index contributed by atoms with van der Waals surface area (Å²) >= 11 is 0. The first-order chi connectivity index (χ1) is 20.1. The standard InChI is InChI=1S/C28H28F2N6O6/c1-34-24(38)20-7-6-17(12-21(20)36(34)16-18-4-2-3-5-22(18)42-26(29)30)19-13-31-25(32-14-19)28(41)8-10-35(11-9-28)23(37)15-33-27(39)40/h2-7,12-14,26,33,41H,8-11,15-16H2,1H3,(H,39,40). The van der Waals surface area contributed by atoms with E-state index >= 15 is 0 Å². The zero-order chi connectivity index (χ0) is 30.0. The number of fused-ring (bicyclic) bond motifs is 1. The van der Waals surface area contributed by atoms with Crippen molar-refractivity contribution in [1.82, 2.24) is 29.5 Å². The first kappa shape index (κ1) is 28.7. The number of ether oxygens (including phenoxy) is 1. The van der Waals surface area contributed by atoms with Gasteiger partial charge in [-0.25, -0.2) is 14.8 Å². The highest BCUT2D eigenvalue weighted by Gasteiger charge is 2.37. The molecule has 1 aliphatic heterocycles. The van der Waals surface area contributed by atoms with Crippen molar-refractivity contribution in [2.75, 3.05) is 19.6 Å². The molecular formula is C28H28F2N6O6. The minimum atomic E-state index is -2.99. The van der Waals surface area contributed by atoms with Gasteiger partial charge in [-0.3, -0.25) is 19.0 Å². The quantitative estimate of drug-likeness (QED) is 0.287. The number of aromatic nitrogens is 4. The summed E-state index contributed by atoms with van der Waals surface area (Å²) in [5.41, 5.74) is 0.769. The molecule has 0 aliphatic carbocycles. The van der Waals surface area contributed by atoms with Crippen molar-refractivity contribution in [2.24, 2.45) is 7.05 Å². The van der Waals surface area contributed by atoms with Crippen LogP contribution in [0.15, 0.2) is 59.7 Å². The molecule has 3 heterocycles. The van der Waals surface area contributed by atoms with Crippen molar-refractivity contribution in [2.45, 2.75) is 31.6 Å². The number of benzene rings is 2. The van der Waals surface area contributed by atoms with E-state index in [0.29, 0.717) is 27.6 Å². The number of hydrogen-bond donors (Lipinski definition) is 3. The number of carbonyl (C=O) groups excluding carboxylic acids is 1. The van der Waals surface area contributed by atoms with E-state index in [1.165, 1.54) is 15.6 Å². The lowest BCUT2D eigenvalue weighted by Gasteiger charge is -2.37. The van der Waals surface area contributed by atoms with E-state index in [1.54, 1.807) is 60.5 Å². The maximum Gasteiger partial charge on any atom is 0.405 e. The highest BCUT2D eigenvalue weighted by Crippen LogP contribution is 2.32. The smallest absolute Gasteiger partial charge is 0.405 e. The Labute approximate surface area is 237 Å². The number of para-hydroxylation sites is 1. The van der Waals surface area contributed by atoms with Gasteiger partial charge in [-0.1, -0.05) is 24.3 Å². The zero-order valence-corrected chi connectivity index (χ0v) is 22.5. The molecule has 5 rings (SSSR count). The summed E-state index contributed by atoms with van der Waals surface area (Å²) in [6.07, 6.45) is 2.21. The third-order valence-corrected chi connectivity index (χ3v) is 7.41. The fourth-order valence-corrected chi connectivity index (χ4v) is 5.08. The Bertz CT molecular complexity index is 1680. The number of hydrogen-bond acceptors (Lipinski definition) is 7. The molecule has 0 bridgehead atoms. The zero-order valence-electron chi connectivity index (χ0n) is 22.5. The molecule has 0 spiro atoms. The van der Waals surface area contributed by atoms with Gasteiger partial charge < -0.3 is 25.2 Å². The van der Waals surface area contributed by atoms with Crippen LogP contribution in [0.25, 0.3) is 22.0 Å². The Hall–Kier alpha value is -4.85. The van der Waals surface area contributed by atoms with Crippen LogP contribution in [-0.2, 0) is 24.0 Å². The van der Waals surface area contributed by atoms with Crippen molar-refractivity contribution in [3.05, 3.63) is 76.6 Å². The second-order valence-corrected chi connectivity index (χ2v) is 9.97. The Morgan fingerprint density at radius 3 is 2.45 bits per heavy atom. The van der Waals surface area contributed by atoms with Gasteiger partial charge in [0.2, 0.25) is 5.91 Å². The highest BCUT2D eigenvalue weighted by atomic mass is 19.3. The van der Waals surface area contributed by atoms with Crippen LogP contribution in [0.4, 0.5) is 13.6 Å². The van der Waals surface area contributed by atoms with Crippen molar-refractivity contribution in [3.8, 4) is 16.9 Å². The molecule has 2 aromatic heterocycles. The molecule has 2 aromatic carbocycles. The number of rotatable bonds is 8.